The summed E-state index contributed by atoms with van der Waals surface area (Å²) >= 11 is 0. The zero-order chi connectivity index (χ0) is 11.4. The molecule has 86 valence electrons. The molecule has 1 saturated heterocycles. The number of methoxy groups -OCH3 is 1. The predicted octanol–water partition coefficient (Wildman–Crippen LogP) is 0.176. The number of piperidine rings is 1. The van der Waals surface area contributed by atoms with Crippen LogP contribution in [0, 0.1) is 0 Å². The maximum Gasteiger partial charge on any atom is 0.242 e. The Bertz CT molecular complexity index is 383. The molecule has 1 aliphatic rings. The summed E-state index contributed by atoms with van der Waals surface area (Å²) in [5.41, 5.74) is 0. The Labute approximate surface area is 93.4 Å². The number of nitrogens with one attached hydrogen (secondary N) is 2. The molecule has 1 amide bonds. The fourth-order valence-electron chi connectivity index (χ4n) is 1.59. The lowest BCUT2D eigenvalue weighted by molar-refractivity contribution is -0.123. The third-order valence-corrected chi connectivity index (χ3v) is 2.43. The van der Waals surface area contributed by atoms with Crippen LogP contribution >= 0.6 is 0 Å². The Morgan fingerprint density at radius 3 is 3.25 bits per heavy atom. The first kappa shape index (κ1) is 10.7. The van der Waals surface area contributed by atoms with Crippen molar-refractivity contribution in [3.8, 4) is 5.88 Å². The van der Waals surface area contributed by atoms with E-state index in [-0.39, 0.29) is 11.9 Å². The van der Waals surface area contributed by atoms with Gasteiger partial charge in [0.05, 0.1) is 7.11 Å². The van der Waals surface area contributed by atoms with Gasteiger partial charge in [-0.1, -0.05) is 0 Å². The maximum atomic E-state index is 11.5. The molecule has 16 heavy (non-hydrogen) atoms. The van der Waals surface area contributed by atoms with E-state index in [0.717, 1.165) is 19.4 Å². The van der Waals surface area contributed by atoms with Crippen molar-refractivity contribution in [2.75, 3.05) is 19.0 Å². The molecule has 2 rings (SSSR count). The molecule has 2 N–H and O–H groups in total. The van der Waals surface area contributed by atoms with Gasteiger partial charge in [-0.3, -0.25) is 4.79 Å². The highest BCUT2D eigenvalue weighted by Crippen LogP contribution is 2.11. The van der Waals surface area contributed by atoms with Crippen molar-refractivity contribution in [1.82, 2.24) is 15.3 Å². The molecule has 0 aliphatic carbocycles. The van der Waals surface area contributed by atoms with Gasteiger partial charge < -0.3 is 15.4 Å². The minimum Gasteiger partial charge on any atom is -0.481 e. The van der Waals surface area contributed by atoms with Crippen LogP contribution in [0.25, 0.3) is 0 Å². The number of rotatable bonds is 3. The number of amides is 1. The van der Waals surface area contributed by atoms with Crippen LogP contribution in [-0.4, -0.2) is 35.6 Å². The van der Waals surface area contributed by atoms with Crippen molar-refractivity contribution < 1.29 is 9.53 Å². The number of aromatic nitrogens is 2. The standard InChI is InChI=1S/C10H14N4O2/c1-16-8-4-6-12-10(14-8)13-7-3-2-5-11-9(7)15/h4,6-7H,2-3,5H2,1H3,(H,11,15)(H,12,13,14)/t7-/m1/s1. The van der Waals surface area contributed by atoms with E-state index >= 15 is 0 Å². The summed E-state index contributed by atoms with van der Waals surface area (Å²) < 4.78 is 4.98. The van der Waals surface area contributed by atoms with E-state index in [9.17, 15) is 4.79 Å². The summed E-state index contributed by atoms with van der Waals surface area (Å²) in [5, 5.41) is 5.78. The second kappa shape index (κ2) is 4.78. The molecule has 1 aliphatic heterocycles. The largest absolute Gasteiger partial charge is 0.481 e. The Morgan fingerprint density at radius 2 is 2.50 bits per heavy atom. The van der Waals surface area contributed by atoms with Gasteiger partial charge in [-0.05, 0) is 12.8 Å². The number of anilines is 1. The number of hydrogen-bond donors (Lipinski definition) is 2. The summed E-state index contributed by atoms with van der Waals surface area (Å²) in [6, 6.07) is 1.41. The maximum absolute atomic E-state index is 11.5. The Hall–Kier alpha value is -1.85. The molecule has 0 bridgehead atoms. The van der Waals surface area contributed by atoms with Gasteiger partial charge in [-0.2, -0.15) is 4.98 Å². The monoisotopic (exact) mass is 222 g/mol. The molecule has 1 atom stereocenters. The molecule has 1 aromatic heterocycles. The van der Waals surface area contributed by atoms with E-state index in [4.69, 9.17) is 4.74 Å². The molecule has 6 heteroatoms. The third kappa shape index (κ3) is 2.39. The van der Waals surface area contributed by atoms with Crippen LogP contribution in [0.15, 0.2) is 12.3 Å². The van der Waals surface area contributed by atoms with Gasteiger partial charge in [0.25, 0.3) is 0 Å². The van der Waals surface area contributed by atoms with Gasteiger partial charge in [0.2, 0.25) is 17.7 Å². The predicted molar refractivity (Wildman–Crippen MR) is 58.2 cm³/mol. The first-order valence-electron chi connectivity index (χ1n) is 5.21. The van der Waals surface area contributed by atoms with Crippen molar-refractivity contribution in [2.24, 2.45) is 0 Å². The molecule has 1 aromatic rings. The van der Waals surface area contributed by atoms with Crippen molar-refractivity contribution in [3.63, 3.8) is 0 Å². The van der Waals surface area contributed by atoms with Gasteiger partial charge >= 0.3 is 0 Å². The molecule has 6 nitrogen and oxygen atoms in total. The first-order valence-corrected chi connectivity index (χ1v) is 5.21. The smallest absolute Gasteiger partial charge is 0.242 e. The van der Waals surface area contributed by atoms with E-state index in [2.05, 4.69) is 20.6 Å². The number of hydrogen-bond acceptors (Lipinski definition) is 5. The number of carbonyl (C=O) groups excluding carboxylic acids is 1. The van der Waals surface area contributed by atoms with Crippen LogP contribution in [0.5, 0.6) is 5.88 Å². The van der Waals surface area contributed by atoms with Crippen LogP contribution in [-0.2, 0) is 4.79 Å². The summed E-state index contributed by atoms with van der Waals surface area (Å²) in [5.74, 6) is 0.896. The molecule has 2 heterocycles. The summed E-state index contributed by atoms with van der Waals surface area (Å²) in [4.78, 5) is 19.6. The van der Waals surface area contributed by atoms with Gasteiger partial charge in [-0.15, -0.1) is 0 Å². The van der Waals surface area contributed by atoms with Crippen LogP contribution in [0.4, 0.5) is 5.95 Å². The average Bonchev–Trinajstić information content (AvgIpc) is 2.32. The highest BCUT2D eigenvalue weighted by atomic mass is 16.5. The lowest BCUT2D eigenvalue weighted by Crippen LogP contribution is -2.44. The zero-order valence-electron chi connectivity index (χ0n) is 9.06. The number of carbonyl (C=O) groups is 1. The minimum absolute atomic E-state index is 0.00216. The summed E-state index contributed by atoms with van der Waals surface area (Å²) in [6.45, 7) is 0.746. The van der Waals surface area contributed by atoms with Crippen LogP contribution in [0.2, 0.25) is 0 Å². The Morgan fingerprint density at radius 1 is 1.62 bits per heavy atom. The van der Waals surface area contributed by atoms with Crippen molar-refractivity contribution in [3.05, 3.63) is 12.3 Å². The summed E-state index contributed by atoms with van der Waals surface area (Å²) in [7, 11) is 1.54. The number of nitrogens with zero attached hydrogens (tertiary/aromatic N) is 2. The minimum atomic E-state index is -0.249. The van der Waals surface area contributed by atoms with Crippen LogP contribution in [0.1, 0.15) is 12.8 Å². The third-order valence-electron chi connectivity index (χ3n) is 2.43. The molecule has 0 unspecified atom stereocenters. The van der Waals surface area contributed by atoms with Gasteiger partial charge in [0.1, 0.15) is 6.04 Å². The molecule has 0 aromatic carbocycles. The molecule has 0 spiro atoms. The topological polar surface area (TPSA) is 76.1 Å². The number of ether oxygens (including phenoxy) is 1. The van der Waals surface area contributed by atoms with Crippen molar-refractivity contribution in [1.29, 1.82) is 0 Å². The molecule has 1 fully saturated rings. The highest BCUT2D eigenvalue weighted by Gasteiger charge is 2.22. The molecule has 0 saturated carbocycles. The Balaban J connectivity index is 2.04. The quantitative estimate of drug-likeness (QED) is 0.762. The van der Waals surface area contributed by atoms with Crippen LogP contribution < -0.4 is 15.4 Å². The lowest BCUT2D eigenvalue weighted by atomic mass is 10.1. The zero-order valence-corrected chi connectivity index (χ0v) is 9.06. The van der Waals surface area contributed by atoms with Gasteiger partial charge in [0.15, 0.2) is 0 Å². The molecule has 0 radical (unpaired) electrons. The second-order valence-corrected chi connectivity index (χ2v) is 3.55. The van der Waals surface area contributed by atoms with E-state index in [1.807, 2.05) is 0 Å². The molecular weight excluding hydrogens is 208 g/mol. The van der Waals surface area contributed by atoms with Gasteiger partial charge in [-0.25, -0.2) is 4.98 Å². The Kier molecular flexibility index (Phi) is 3.19. The first-order chi connectivity index (χ1) is 7.79. The lowest BCUT2D eigenvalue weighted by Gasteiger charge is -2.22. The van der Waals surface area contributed by atoms with Crippen molar-refractivity contribution >= 4 is 11.9 Å². The summed E-state index contributed by atoms with van der Waals surface area (Å²) in [6.07, 6.45) is 3.36. The fourth-order valence-corrected chi connectivity index (χ4v) is 1.59. The highest BCUT2D eigenvalue weighted by molar-refractivity contribution is 5.84. The normalized spacial score (nSPS) is 20.1. The molecular formula is C10H14N4O2. The fraction of sp³-hybridized carbons (Fsp3) is 0.500. The second-order valence-electron chi connectivity index (χ2n) is 3.55. The van der Waals surface area contributed by atoms with E-state index < -0.39 is 0 Å². The van der Waals surface area contributed by atoms with E-state index in [1.54, 1.807) is 19.4 Å². The SMILES string of the molecule is COc1ccnc(N[C@@H]2CCCNC2=O)n1. The van der Waals surface area contributed by atoms with E-state index in [1.165, 1.54) is 0 Å². The average molecular weight is 222 g/mol. The van der Waals surface area contributed by atoms with Gasteiger partial charge in [0, 0.05) is 18.8 Å². The van der Waals surface area contributed by atoms with Crippen molar-refractivity contribution in [2.45, 2.75) is 18.9 Å². The van der Waals surface area contributed by atoms with E-state index in [0.29, 0.717) is 11.8 Å². The van der Waals surface area contributed by atoms with Crippen LogP contribution in [0.3, 0.4) is 0 Å².